The van der Waals surface area contributed by atoms with Gasteiger partial charge < -0.3 is 71.5 Å². The first-order valence-electron chi connectivity index (χ1n) is 33.8. The maximum atomic E-state index is 14.8. The first-order chi connectivity index (χ1) is 46.1. The highest BCUT2D eigenvalue weighted by atomic mass is 16.6. The fourth-order valence-electron chi connectivity index (χ4n) is 13.2. The van der Waals surface area contributed by atoms with Gasteiger partial charge in [-0.1, -0.05) is 160 Å². The molecular weight excluding hydrogens is 1240 g/mol. The van der Waals surface area contributed by atoms with Gasteiger partial charge in [-0.15, -0.1) is 0 Å². The number of rotatable bonds is 34. The molecule has 1 aliphatic heterocycles. The molecule has 0 saturated carbocycles. The molecule has 24 nitrogen and oxygen atoms in total. The van der Waals surface area contributed by atoms with Crippen LogP contribution in [0.1, 0.15) is 142 Å². The number of alkyl carbamates (subject to hydrolysis) is 1. The number of hydrogen-bond donors (Lipinski definition) is 8. The summed E-state index contributed by atoms with van der Waals surface area (Å²) in [5.41, 5.74) is 11.0. The monoisotopic (exact) mass is 1340 g/mol. The number of amides is 10. The van der Waals surface area contributed by atoms with Crippen molar-refractivity contribution in [2.75, 3.05) is 53.3 Å². The Kier molecular flexibility index (Phi) is 29.2. The molecule has 12 atom stereocenters. The van der Waals surface area contributed by atoms with E-state index in [2.05, 4.69) is 31.9 Å². The van der Waals surface area contributed by atoms with E-state index in [1.165, 1.54) is 26.2 Å². The summed E-state index contributed by atoms with van der Waals surface area (Å²) < 4.78 is 23.5. The average Bonchev–Trinajstić information content (AvgIpc) is 1.62. The zero-order chi connectivity index (χ0) is 71.4. The molecular formula is C73H104N10O14. The highest BCUT2D eigenvalue weighted by Crippen LogP contribution is 2.44. The van der Waals surface area contributed by atoms with E-state index in [1.54, 1.807) is 109 Å². The lowest BCUT2D eigenvalue weighted by molar-refractivity contribution is -0.148. The number of aliphatic hydroxyl groups is 1. The van der Waals surface area contributed by atoms with Crippen LogP contribution in [-0.2, 0) is 54.3 Å². The minimum atomic E-state index is -1.13. The van der Waals surface area contributed by atoms with Crippen LogP contribution < -0.4 is 37.6 Å². The van der Waals surface area contributed by atoms with E-state index >= 15 is 0 Å². The third-order valence-corrected chi connectivity index (χ3v) is 18.8. The summed E-state index contributed by atoms with van der Waals surface area (Å²) >= 11 is 0. The van der Waals surface area contributed by atoms with Crippen LogP contribution >= 0.6 is 0 Å². The molecule has 4 aromatic carbocycles. The molecule has 4 aromatic rings. The van der Waals surface area contributed by atoms with Crippen molar-refractivity contribution >= 4 is 59.3 Å². The highest BCUT2D eigenvalue weighted by Gasteiger charge is 2.44. The minimum absolute atomic E-state index is 0.0320. The second-order valence-electron chi connectivity index (χ2n) is 26.7. The Morgan fingerprint density at radius 2 is 1.28 bits per heavy atom. The van der Waals surface area contributed by atoms with Crippen molar-refractivity contribution in [1.82, 2.24) is 41.3 Å². The number of nitrogens with zero attached hydrogens (tertiary/aromatic N) is 3. The Labute approximate surface area is 571 Å². The van der Waals surface area contributed by atoms with Gasteiger partial charge in [0.05, 0.1) is 48.8 Å². The lowest BCUT2D eigenvalue weighted by Crippen LogP contribution is -2.60. The second-order valence-corrected chi connectivity index (χ2v) is 26.7. The maximum Gasteiger partial charge on any atom is 0.410 e. The Morgan fingerprint density at radius 3 is 1.85 bits per heavy atom. The number of fused-ring (bicyclic) bond motifs is 3. The summed E-state index contributed by atoms with van der Waals surface area (Å²) in [7, 11) is 6.10. The van der Waals surface area contributed by atoms with Crippen molar-refractivity contribution < 1.29 is 67.2 Å². The molecule has 0 bridgehead atoms. The predicted molar refractivity (Wildman–Crippen MR) is 369 cm³/mol. The maximum absolute atomic E-state index is 14.8. The predicted octanol–water partition coefficient (Wildman–Crippen LogP) is 8.01. The van der Waals surface area contributed by atoms with Gasteiger partial charge in [0, 0.05) is 53.0 Å². The van der Waals surface area contributed by atoms with Crippen LogP contribution in [0.15, 0.2) is 103 Å². The fourth-order valence-corrected chi connectivity index (χ4v) is 13.2. The molecule has 97 heavy (non-hydrogen) atoms. The zero-order valence-corrected chi connectivity index (χ0v) is 58.8. The van der Waals surface area contributed by atoms with Crippen molar-refractivity contribution in [3.05, 3.63) is 125 Å². The number of nitrogens with one attached hydrogen (secondary N) is 6. The van der Waals surface area contributed by atoms with E-state index in [-0.39, 0.29) is 62.7 Å². The second kappa shape index (κ2) is 36.7. The number of urea groups is 1. The van der Waals surface area contributed by atoms with Gasteiger partial charge in [0.2, 0.25) is 35.4 Å². The van der Waals surface area contributed by atoms with Gasteiger partial charge in [0.15, 0.2) is 0 Å². The Hall–Kier alpha value is -8.61. The van der Waals surface area contributed by atoms with Gasteiger partial charge in [-0.2, -0.15) is 0 Å². The SMILES string of the molecule is CC[C@H](C)[C@@H](C(CC(=O)N1CCC[C@H]1[C@H](OC)[C@@H](C)C(=O)N[C@H](C)[C@@H](O)c1ccccc1)OC)N(C)C(=O)[C@@H](NC(=O)[C@H](C(C)C)N(C)C(=O)OCc1ccc(NC(=O)[C@H](CCCNC(N)=O)NC(=O)[C@@H](NC(=O)OCC2c3ccccc3-c3ccccc32)C(C)C)cc1)C(C)C. The molecule has 9 N–H and O–H groups in total. The van der Waals surface area contributed by atoms with Gasteiger partial charge in [-0.3, -0.25) is 33.7 Å². The third-order valence-electron chi connectivity index (χ3n) is 18.8. The fraction of sp³-hybridized carbons (Fsp3) is 0.548. The molecule has 1 heterocycles. The summed E-state index contributed by atoms with van der Waals surface area (Å²) in [6, 6.07) is 24.6. The number of aliphatic hydroxyl groups excluding tert-OH is 1. The molecule has 1 saturated heterocycles. The molecule has 1 aliphatic carbocycles. The van der Waals surface area contributed by atoms with Crippen LogP contribution in [0.3, 0.4) is 0 Å². The zero-order valence-electron chi connectivity index (χ0n) is 58.8. The molecule has 6 rings (SSSR count). The van der Waals surface area contributed by atoms with E-state index in [9.17, 15) is 48.3 Å². The molecule has 0 radical (unpaired) electrons. The number of carbonyl (C=O) groups excluding carboxylic acids is 9. The van der Waals surface area contributed by atoms with Crippen molar-refractivity contribution in [3.8, 4) is 11.1 Å². The largest absolute Gasteiger partial charge is 0.449 e. The first kappa shape index (κ1) is 77.4. The molecule has 530 valence electrons. The highest BCUT2D eigenvalue weighted by molar-refractivity contribution is 5.98. The summed E-state index contributed by atoms with van der Waals surface area (Å²) in [5.74, 6) is -5.11. The van der Waals surface area contributed by atoms with Gasteiger partial charge in [-0.05, 0) is 102 Å². The number of nitrogens with two attached hydrogens (primary N) is 1. The van der Waals surface area contributed by atoms with Crippen LogP contribution in [0.5, 0.6) is 0 Å². The van der Waals surface area contributed by atoms with Crippen LogP contribution in [-0.4, -0.2) is 176 Å². The molecule has 0 spiro atoms. The summed E-state index contributed by atoms with van der Waals surface area (Å²) in [5, 5.41) is 27.7. The van der Waals surface area contributed by atoms with Crippen molar-refractivity contribution in [3.63, 3.8) is 0 Å². The van der Waals surface area contributed by atoms with Gasteiger partial charge in [-0.25, -0.2) is 14.4 Å². The summed E-state index contributed by atoms with van der Waals surface area (Å²) in [4.78, 5) is 129. The number of likely N-dealkylation sites (tertiary alicyclic amines) is 1. The van der Waals surface area contributed by atoms with E-state index in [1.807, 2.05) is 80.6 Å². The first-order valence-corrected chi connectivity index (χ1v) is 33.8. The van der Waals surface area contributed by atoms with Gasteiger partial charge in [0.25, 0.3) is 0 Å². The normalized spacial score (nSPS) is 16.9. The molecule has 24 heteroatoms. The molecule has 1 unspecified atom stereocenters. The number of methoxy groups -OCH3 is 2. The van der Waals surface area contributed by atoms with Crippen LogP contribution in [0.2, 0.25) is 0 Å². The van der Waals surface area contributed by atoms with Gasteiger partial charge in [0.1, 0.15) is 37.4 Å². The smallest absolute Gasteiger partial charge is 0.410 e. The number of anilines is 1. The molecule has 2 aliphatic rings. The lowest BCUT2D eigenvalue weighted by atomic mass is 9.89. The van der Waals surface area contributed by atoms with Crippen LogP contribution in [0, 0.1) is 29.6 Å². The Morgan fingerprint density at radius 1 is 0.670 bits per heavy atom. The average molecular weight is 1350 g/mol. The van der Waals surface area contributed by atoms with E-state index in [0.717, 1.165) is 22.3 Å². The molecule has 10 amide bonds. The van der Waals surface area contributed by atoms with Gasteiger partial charge >= 0.3 is 18.2 Å². The standard InChI is InChI=1S/C73H104N10O14/c1-15-45(8)63(58(94-13)39-59(84)83-38-24-32-57(83)65(95-14)46(9)66(86)76-47(10)64(85)49-25-17-16-18-26-49)81(11)70(90)61(43(4)5)79-69(89)62(44(6)7)82(12)73(93)97-40-48-33-35-50(36-34-48)77-67(87)56(31-23-37-75-71(74)91)78-68(88)60(42(2)3)80-72(92)96-41-55-53-29-21-19-27-51(53)52-28-20-22-30-54(52)55/h16-22,25-30,33-36,42-47,55-58,60-65,85H,15,23-24,31-32,37-41H2,1-14H3,(H,76,86)(H,77,87)(H,78,88)(H,79,89)(H,80,92)(H3,74,75,91)/t45-,46+,47+,56-,57-,58?,60-,61-,62-,63-,64+,65+/m0/s1. The minimum Gasteiger partial charge on any atom is -0.449 e. The quantitative estimate of drug-likeness (QED) is 0.0206. The van der Waals surface area contributed by atoms with Crippen LogP contribution in [0.25, 0.3) is 11.1 Å². The molecule has 1 fully saturated rings. The topological polar surface area (TPSA) is 319 Å². The van der Waals surface area contributed by atoms with Crippen molar-refractivity contribution in [2.24, 2.45) is 35.3 Å². The third kappa shape index (κ3) is 20.5. The number of carbonyl (C=O) groups is 9. The van der Waals surface area contributed by atoms with Crippen molar-refractivity contribution in [2.45, 2.75) is 181 Å². The Bertz CT molecular complexity index is 3250. The van der Waals surface area contributed by atoms with Crippen molar-refractivity contribution in [1.29, 1.82) is 0 Å². The van der Waals surface area contributed by atoms with E-state index in [0.29, 0.717) is 42.6 Å². The lowest BCUT2D eigenvalue weighted by Gasteiger charge is -2.41. The Balaban J connectivity index is 1.04. The van der Waals surface area contributed by atoms with Crippen LogP contribution in [0.4, 0.5) is 20.1 Å². The molecule has 0 aromatic heterocycles. The summed E-state index contributed by atoms with van der Waals surface area (Å²) in [6.07, 6.45) is -1.84. The van der Waals surface area contributed by atoms with E-state index < -0.39 is 126 Å². The summed E-state index contributed by atoms with van der Waals surface area (Å²) in [6.45, 7) is 18.5. The number of hydrogen-bond acceptors (Lipinski definition) is 14. The number of benzene rings is 4. The number of primary amides is 1. The number of likely N-dealkylation sites (N-methyl/N-ethyl adjacent to an activating group) is 2. The number of ether oxygens (including phenoxy) is 4. The van der Waals surface area contributed by atoms with E-state index in [4.69, 9.17) is 24.7 Å².